The molecule has 1 unspecified atom stereocenters. The third-order valence-corrected chi connectivity index (χ3v) is 15.4. The van der Waals surface area contributed by atoms with E-state index < -0.39 is 31.4 Å². The fourth-order valence-electron chi connectivity index (χ4n) is 9.68. The highest BCUT2D eigenvalue weighted by molar-refractivity contribution is 7.90. The number of likely N-dealkylation sites (tertiary alicyclic amines) is 1. The molecule has 0 saturated carbocycles. The van der Waals surface area contributed by atoms with Crippen LogP contribution in [0.25, 0.3) is 16.6 Å². The molecule has 5 aromatic rings. The van der Waals surface area contributed by atoms with Crippen molar-refractivity contribution in [1.29, 1.82) is 0 Å². The summed E-state index contributed by atoms with van der Waals surface area (Å²) in [5, 5.41) is 17.0. The number of benzene rings is 3. The molecule has 15 nitrogen and oxygen atoms in total. The summed E-state index contributed by atoms with van der Waals surface area (Å²) in [6, 6.07) is 21.3. The van der Waals surface area contributed by atoms with Crippen molar-refractivity contribution in [1.82, 2.24) is 24.5 Å². The minimum Gasteiger partial charge on any atom is -0.455 e. The standard InChI is InChI=1S/C49H57ClN8O7S/c1-32-28-57(21-20-56(32)29-36-12-16-49(2,3)25-43(36)34-4-6-37(50)7-5-34)38-8-10-42(46(23-38)65-40-22-35-13-17-51-47(35)53-27-40)48(59)54-66(62,63)41-9-11-44(45(24-41)58(60)61)52-26-33-14-18-55(19-15-33)39-30-64-31-39/h4-11,13,17,22-24,27,32-33,39,52H,12,14-16,18-21,25-26,28-31H2,1-3H3,(H,51,53)(H,54,59). The number of hydrogen-bond acceptors (Lipinski definition) is 12. The highest BCUT2D eigenvalue weighted by Crippen LogP contribution is 2.44. The van der Waals surface area contributed by atoms with Crippen molar-refractivity contribution in [2.75, 3.05) is 69.2 Å². The summed E-state index contributed by atoms with van der Waals surface area (Å²) in [5.74, 6) is -0.150. The van der Waals surface area contributed by atoms with Crippen LogP contribution in [0.3, 0.4) is 0 Å². The Morgan fingerprint density at radius 1 is 1.03 bits per heavy atom. The largest absolute Gasteiger partial charge is 0.455 e. The van der Waals surface area contributed by atoms with E-state index in [-0.39, 0.29) is 28.5 Å². The number of nitro benzene ring substituents is 1. The predicted octanol–water partition coefficient (Wildman–Crippen LogP) is 8.73. The summed E-state index contributed by atoms with van der Waals surface area (Å²) < 4.78 is 41.5. The number of nitrogens with zero attached hydrogens (tertiary/aromatic N) is 5. The Labute approximate surface area is 390 Å². The first kappa shape index (κ1) is 45.6. The van der Waals surface area contributed by atoms with Gasteiger partial charge in [0, 0.05) is 73.2 Å². The predicted molar refractivity (Wildman–Crippen MR) is 257 cm³/mol. The molecule has 0 bridgehead atoms. The van der Waals surface area contributed by atoms with Crippen LogP contribution >= 0.6 is 11.6 Å². The molecule has 3 aliphatic heterocycles. The number of aromatic nitrogens is 2. The van der Waals surface area contributed by atoms with Crippen molar-refractivity contribution >= 4 is 61.2 Å². The Morgan fingerprint density at radius 3 is 2.55 bits per heavy atom. The minimum absolute atomic E-state index is 0.0336. The summed E-state index contributed by atoms with van der Waals surface area (Å²) in [4.78, 5) is 40.0. The normalized spacial score (nSPS) is 20.0. The molecule has 2 aromatic heterocycles. The summed E-state index contributed by atoms with van der Waals surface area (Å²) >= 11 is 6.27. The number of amides is 1. The number of rotatable bonds is 14. The molecule has 17 heteroatoms. The molecule has 1 aliphatic carbocycles. The van der Waals surface area contributed by atoms with Crippen LogP contribution in [-0.2, 0) is 14.8 Å². The lowest BCUT2D eigenvalue weighted by Gasteiger charge is -2.43. The van der Waals surface area contributed by atoms with E-state index in [0.29, 0.717) is 36.4 Å². The first-order chi connectivity index (χ1) is 31.7. The van der Waals surface area contributed by atoms with Gasteiger partial charge in [-0.3, -0.25) is 24.7 Å². The molecule has 0 spiro atoms. The number of piperidine rings is 1. The van der Waals surface area contributed by atoms with Crippen molar-refractivity contribution < 1.29 is 27.6 Å². The number of halogens is 1. The number of nitro groups is 1. The molecular weight excluding hydrogens is 880 g/mol. The topological polar surface area (TPSA) is 175 Å². The van der Waals surface area contributed by atoms with Crippen molar-refractivity contribution in [3.05, 3.63) is 117 Å². The second-order valence-corrected chi connectivity index (χ2v) is 21.1. The molecule has 3 saturated heterocycles. The smallest absolute Gasteiger partial charge is 0.293 e. The third-order valence-electron chi connectivity index (χ3n) is 13.8. The van der Waals surface area contributed by atoms with Crippen LogP contribution in [0.4, 0.5) is 17.1 Å². The fraction of sp³-hybridized carbons (Fsp3) is 0.429. The van der Waals surface area contributed by atoms with Gasteiger partial charge in [0.25, 0.3) is 21.6 Å². The van der Waals surface area contributed by atoms with E-state index in [4.69, 9.17) is 21.1 Å². The lowest BCUT2D eigenvalue weighted by molar-refractivity contribution is -0.384. The van der Waals surface area contributed by atoms with Gasteiger partial charge in [-0.25, -0.2) is 18.1 Å². The van der Waals surface area contributed by atoms with Gasteiger partial charge in [-0.05, 0) is 123 Å². The van der Waals surface area contributed by atoms with Gasteiger partial charge in [0.2, 0.25) is 0 Å². The maximum Gasteiger partial charge on any atom is 0.293 e. The van der Waals surface area contributed by atoms with E-state index in [1.165, 1.54) is 35.0 Å². The number of carbonyl (C=O) groups is 1. The number of hydrogen-bond donors (Lipinski definition) is 3. The molecule has 4 aliphatic rings. The van der Waals surface area contributed by atoms with Crippen LogP contribution in [0, 0.1) is 21.4 Å². The Kier molecular flexibility index (Phi) is 13.1. The van der Waals surface area contributed by atoms with Crippen LogP contribution in [0.1, 0.15) is 68.8 Å². The van der Waals surface area contributed by atoms with Gasteiger partial charge in [0.1, 0.15) is 22.8 Å². The lowest BCUT2D eigenvalue weighted by Crippen LogP contribution is -2.52. The van der Waals surface area contributed by atoms with E-state index in [0.717, 1.165) is 100 Å². The number of anilines is 2. The molecule has 3 fully saturated rings. The monoisotopic (exact) mass is 936 g/mol. The minimum atomic E-state index is -4.57. The molecule has 66 heavy (non-hydrogen) atoms. The lowest BCUT2D eigenvalue weighted by atomic mass is 9.72. The summed E-state index contributed by atoms with van der Waals surface area (Å²) in [5.41, 5.74) is 5.58. The number of piperazine rings is 1. The van der Waals surface area contributed by atoms with Crippen molar-refractivity contribution in [3.8, 4) is 11.5 Å². The van der Waals surface area contributed by atoms with E-state index >= 15 is 0 Å². The summed E-state index contributed by atoms with van der Waals surface area (Å²) in [6.45, 7) is 13.9. The highest BCUT2D eigenvalue weighted by Gasteiger charge is 2.33. The number of pyridine rings is 1. The van der Waals surface area contributed by atoms with E-state index in [2.05, 4.69) is 67.6 Å². The van der Waals surface area contributed by atoms with Crippen LogP contribution in [-0.4, -0.2) is 110 Å². The maximum atomic E-state index is 14.0. The van der Waals surface area contributed by atoms with Gasteiger partial charge in [-0.1, -0.05) is 43.2 Å². The van der Waals surface area contributed by atoms with Gasteiger partial charge in [0.15, 0.2) is 0 Å². The zero-order valence-corrected chi connectivity index (χ0v) is 39.2. The molecular formula is C49H57ClN8O7S. The molecule has 348 valence electrons. The SMILES string of the molecule is CC1CN(c2ccc(C(=O)NS(=O)(=O)c3ccc(NCC4CCN(C5COC5)CC4)c([N+](=O)[O-])c3)c(Oc3cnc4[nH]ccc4c3)c2)CCN1CC1=C(c2ccc(Cl)cc2)CC(C)(C)CC1. The molecule has 1 atom stereocenters. The van der Waals surface area contributed by atoms with Gasteiger partial charge in [0.05, 0.1) is 40.8 Å². The average molecular weight is 938 g/mol. The molecule has 9 rings (SSSR count). The second-order valence-electron chi connectivity index (χ2n) is 19.0. The van der Waals surface area contributed by atoms with Crippen LogP contribution in [0.2, 0.25) is 5.02 Å². The molecule has 3 aromatic carbocycles. The number of fused-ring (bicyclic) bond motifs is 1. The number of ether oxygens (including phenoxy) is 2. The molecule has 1 amide bonds. The highest BCUT2D eigenvalue weighted by atomic mass is 35.5. The summed E-state index contributed by atoms with van der Waals surface area (Å²) in [7, 11) is -4.57. The van der Waals surface area contributed by atoms with Crippen LogP contribution in [0.5, 0.6) is 11.5 Å². The number of aromatic amines is 1. The number of allylic oxidation sites excluding steroid dienone is 1. The number of sulfonamides is 1. The fourth-order valence-corrected chi connectivity index (χ4v) is 10.8. The Balaban J connectivity index is 0.914. The zero-order chi connectivity index (χ0) is 46.2. The van der Waals surface area contributed by atoms with E-state index in [1.54, 1.807) is 30.5 Å². The summed E-state index contributed by atoms with van der Waals surface area (Å²) in [6.07, 6.45) is 8.37. The number of carbonyl (C=O) groups excluding carboxylic acids is 1. The Hall–Kier alpha value is -5.52. The first-order valence-corrected chi connectivity index (χ1v) is 24.7. The Morgan fingerprint density at radius 2 is 1.82 bits per heavy atom. The van der Waals surface area contributed by atoms with E-state index in [9.17, 15) is 23.3 Å². The van der Waals surface area contributed by atoms with Crippen molar-refractivity contribution in [2.24, 2.45) is 11.3 Å². The molecule has 5 heterocycles. The van der Waals surface area contributed by atoms with Gasteiger partial charge in [-0.2, -0.15) is 0 Å². The molecule has 3 N–H and O–H groups in total. The average Bonchev–Trinajstić information content (AvgIpc) is 3.75. The first-order valence-electron chi connectivity index (χ1n) is 22.8. The maximum absolute atomic E-state index is 14.0. The number of nitrogens with one attached hydrogen (secondary N) is 3. The van der Waals surface area contributed by atoms with Gasteiger partial charge >= 0.3 is 0 Å². The quantitative estimate of drug-likeness (QED) is 0.0715. The van der Waals surface area contributed by atoms with Crippen LogP contribution < -0.4 is 19.7 Å². The van der Waals surface area contributed by atoms with Crippen LogP contribution in [0.15, 0.2) is 95.7 Å². The second kappa shape index (κ2) is 19.0. The van der Waals surface area contributed by atoms with Crippen molar-refractivity contribution in [2.45, 2.75) is 69.9 Å². The molecule has 0 radical (unpaired) electrons. The van der Waals surface area contributed by atoms with Gasteiger partial charge in [-0.15, -0.1) is 0 Å². The van der Waals surface area contributed by atoms with Gasteiger partial charge < -0.3 is 24.7 Å². The number of H-pyrrole nitrogens is 1. The third kappa shape index (κ3) is 10.2. The zero-order valence-electron chi connectivity index (χ0n) is 37.6. The van der Waals surface area contributed by atoms with Crippen molar-refractivity contribution in [3.63, 3.8) is 0 Å². The van der Waals surface area contributed by atoms with E-state index in [1.807, 2.05) is 18.2 Å². The Bertz CT molecular complexity index is 2750.